The first-order valence-electron chi connectivity index (χ1n) is 7.29. The predicted molar refractivity (Wildman–Crippen MR) is 74.2 cm³/mol. The first-order chi connectivity index (χ1) is 9.25. The van der Waals surface area contributed by atoms with E-state index in [1.54, 1.807) is 0 Å². The van der Waals surface area contributed by atoms with Crippen LogP contribution in [0.3, 0.4) is 0 Å². The molecule has 0 atom stereocenters. The van der Waals surface area contributed by atoms with Crippen LogP contribution in [0.5, 0.6) is 0 Å². The second kappa shape index (κ2) is 5.19. The third-order valence-electron chi connectivity index (χ3n) is 4.15. The molecule has 0 unspecified atom stereocenters. The standard InChI is InChI=1S/C15H22N3O/c1-16-11-6-14(17-7-2-3-8-17)13(12-16)15(19)18-9-4-5-10-18/h6,11-12H,2-5,7-10H2,1H3/q+1. The summed E-state index contributed by atoms with van der Waals surface area (Å²) in [5.41, 5.74) is 1.99. The largest absolute Gasteiger partial charge is 0.371 e. The van der Waals surface area contributed by atoms with Gasteiger partial charge in [-0.05, 0) is 25.7 Å². The molecule has 0 spiro atoms. The molecule has 3 rings (SSSR count). The number of hydrogen-bond acceptors (Lipinski definition) is 2. The molecule has 2 aliphatic rings. The number of nitrogens with zero attached hydrogens (tertiary/aromatic N) is 3. The maximum atomic E-state index is 12.7. The topological polar surface area (TPSA) is 27.4 Å². The van der Waals surface area contributed by atoms with Crippen molar-refractivity contribution in [3.8, 4) is 0 Å². The van der Waals surface area contributed by atoms with Gasteiger partial charge < -0.3 is 9.80 Å². The molecule has 0 saturated carbocycles. The van der Waals surface area contributed by atoms with E-state index in [2.05, 4.69) is 11.0 Å². The number of pyridine rings is 1. The fourth-order valence-corrected chi connectivity index (χ4v) is 3.08. The van der Waals surface area contributed by atoms with Crippen molar-refractivity contribution < 1.29 is 9.36 Å². The van der Waals surface area contributed by atoms with E-state index in [0.29, 0.717) is 0 Å². The number of anilines is 1. The Balaban J connectivity index is 1.93. The molecule has 2 aliphatic heterocycles. The average molecular weight is 260 g/mol. The Hall–Kier alpha value is -1.58. The highest BCUT2D eigenvalue weighted by atomic mass is 16.2. The second-order valence-electron chi connectivity index (χ2n) is 5.60. The molecule has 2 fully saturated rings. The van der Waals surface area contributed by atoms with Crippen LogP contribution >= 0.6 is 0 Å². The van der Waals surface area contributed by atoms with Crippen LogP contribution in [0.1, 0.15) is 36.0 Å². The minimum absolute atomic E-state index is 0.204. The van der Waals surface area contributed by atoms with Gasteiger partial charge in [0.15, 0.2) is 12.4 Å². The summed E-state index contributed by atoms with van der Waals surface area (Å²) < 4.78 is 1.98. The summed E-state index contributed by atoms with van der Waals surface area (Å²) >= 11 is 0. The van der Waals surface area contributed by atoms with Gasteiger partial charge in [0, 0.05) is 32.2 Å². The summed E-state index contributed by atoms with van der Waals surface area (Å²) in [5.74, 6) is 0.204. The number of hydrogen-bond donors (Lipinski definition) is 0. The maximum Gasteiger partial charge on any atom is 0.262 e. The van der Waals surface area contributed by atoms with Crippen LogP contribution in [0, 0.1) is 0 Å². The quantitative estimate of drug-likeness (QED) is 0.751. The van der Waals surface area contributed by atoms with Gasteiger partial charge in [-0.15, -0.1) is 0 Å². The van der Waals surface area contributed by atoms with Crippen LogP contribution in [-0.4, -0.2) is 37.0 Å². The van der Waals surface area contributed by atoms with Crippen LogP contribution in [0.25, 0.3) is 0 Å². The highest BCUT2D eigenvalue weighted by Gasteiger charge is 2.27. The minimum Gasteiger partial charge on any atom is -0.371 e. The van der Waals surface area contributed by atoms with Crippen LogP contribution in [-0.2, 0) is 7.05 Å². The van der Waals surface area contributed by atoms with Crippen LogP contribution < -0.4 is 9.47 Å². The van der Waals surface area contributed by atoms with E-state index in [1.165, 1.54) is 12.8 Å². The summed E-state index contributed by atoms with van der Waals surface area (Å²) in [6.07, 6.45) is 8.77. The second-order valence-corrected chi connectivity index (χ2v) is 5.60. The van der Waals surface area contributed by atoms with Gasteiger partial charge in [0.1, 0.15) is 12.6 Å². The Labute approximate surface area is 114 Å². The van der Waals surface area contributed by atoms with Gasteiger partial charge in [-0.25, -0.2) is 4.57 Å². The number of likely N-dealkylation sites (tertiary alicyclic amines) is 1. The molecule has 1 amide bonds. The number of carbonyl (C=O) groups is 1. The Bertz CT molecular complexity index is 474. The zero-order valence-electron chi connectivity index (χ0n) is 11.6. The average Bonchev–Trinajstić information content (AvgIpc) is 3.11. The Morgan fingerprint density at radius 1 is 1.11 bits per heavy atom. The van der Waals surface area contributed by atoms with Crippen LogP contribution in [0.4, 0.5) is 5.69 Å². The molecule has 0 aromatic carbocycles. The Morgan fingerprint density at radius 3 is 2.42 bits per heavy atom. The molecule has 1 aromatic rings. The van der Waals surface area contributed by atoms with E-state index < -0.39 is 0 Å². The van der Waals surface area contributed by atoms with Crippen molar-refractivity contribution >= 4 is 11.6 Å². The molecular formula is C15H22N3O+. The summed E-state index contributed by atoms with van der Waals surface area (Å²) in [6, 6.07) is 2.09. The van der Waals surface area contributed by atoms with Gasteiger partial charge in [-0.1, -0.05) is 0 Å². The third-order valence-corrected chi connectivity index (χ3v) is 4.15. The number of amides is 1. The summed E-state index contributed by atoms with van der Waals surface area (Å²) in [7, 11) is 1.98. The van der Waals surface area contributed by atoms with Crippen molar-refractivity contribution in [3.63, 3.8) is 0 Å². The van der Waals surface area contributed by atoms with Crippen molar-refractivity contribution in [1.82, 2.24) is 4.90 Å². The number of carbonyl (C=O) groups excluding carboxylic acids is 1. The fraction of sp³-hybridized carbons (Fsp3) is 0.600. The summed E-state index contributed by atoms with van der Waals surface area (Å²) in [4.78, 5) is 17.0. The molecule has 0 bridgehead atoms. The third kappa shape index (κ3) is 2.44. The zero-order chi connectivity index (χ0) is 13.2. The molecule has 0 N–H and O–H groups in total. The minimum atomic E-state index is 0.204. The summed E-state index contributed by atoms with van der Waals surface area (Å²) in [6.45, 7) is 3.98. The van der Waals surface area contributed by atoms with Crippen molar-refractivity contribution in [3.05, 3.63) is 24.0 Å². The molecule has 3 heterocycles. The van der Waals surface area contributed by atoms with E-state index in [4.69, 9.17) is 0 Å². The normalized spacial score (nSPS) is 19.2. The van der Waals surface area contributed by atoms with E-state index in [0.717, 1.165) is 50.3 Å². The lowest BCUT2D eigenvalue weighted by molar-refractivity contribution is -0.671. The van der Waals surface area contributed by atoms with Gasteiger partial charge in [-0.2, -0.15) is 0 Å². The molecule has 102 valence electrons. The van der Waals surface area contributed by atoms with Crippen LogP contribution in [0.2, 0.25) is 0 Å². The SMILES string of the molecule is C[n+]1ccc(N2CCCC2)c(C(=O)N2CCCC2)c1. The highest BCUT2D eigenvalue weighted by Crippen LogP contribution is 2.25. The molecule has 4 nitrogen and oxygen atoms in total. The first-order valence-corrected chi connectivity index (χ1v) is 7.29. The van der Waals surface area contributed by atoms with E-state index in [9.17, 15) is 4.79 Å². The van der Waals surface area contributed by atoms with Crippen molar-refractivity contribution in [2.75, 3.05) is 31.1 Å². The zero-order valence-corrected chi connectivity index (χ0v) is 11.6. The maximum absolute atomic E-state index is 12.7. The van der Waals surface area contributed by atoms with Gasteiger partial charge in [-0.3, -0.25) is 4.79 Å². The van der Waals surface area contributed by atoms with E-state index in [1.807, 2.05) is 28.9 Å². The van der Waals surface area contributed by atoms with E-state index >= 15 is 0 Å². The number of rotatable bonds is 2. The number of aryl methyl sites for hydroxylation is 1. The molecule has 0 aliphatic carbocycles. The Kier molecular flexibility index (Phi) is 3.40. The monoisotopic (exact) mass is 260 g/mol. The molecule has 2 saturated heterocycles. The van der Waals surface area contributed by atoms with Crippen molar-refractivity contribution in [2.24, 2.45) is 7.05 Å². The first kappa shape index (κ1) is 12.5. The van der Waals surface area contributed by atoms with Crippen molar-refractivity contribution in [2.45, 2.75) is 25.7 Å². The lowest BCUT2D eigenvalue weighted by Gasteiger charge is -2.22. The van der Waals surface area contributed by atoms with Gasteiger partial charge in [0.05, 0.1) is 5.69 Å². The molecule has 4 heteroatoms. The predicted octanol–water partition coefficient (Wildman–Crippen LogP) is 1.35. The van der Waals surface area contributed by atoms with Gasteiger partial charge in [0.2, 0.25) is 0 Å². The molecule has 1 aromatic heterocycles. The van der Waals surface area contributed by atoms with Crippen LogP contribution in [0.15, 0.2) is 18.5 Å². The molecule has 19 heavy (non-hydrogen) atoms. The lowest BCUT2D eigenvalue weighted by atomic mass is 10.2. The molecule has 0 radical (unpaired) electrons. The highest BCUT2D eigenvalue weighted by molar-refractivity contribution is 5.99. The van der Waals surface area contributed by atoms with E-state index in [-0.39, 0.29) is 5.91 Å². The summed E-state index contributed by atoms with van der Waals surface area (Å²) in [5, 5.41) is 0. The fourth-order valence-electron chi connectivity index (χ4n) is 3.08. The molecular weight excluding hydrogens is 238 g/mol. The smallest absolute Gasteiger partial charge is 0.262 e. The lowest BCUT2D eigenvalue weighted by Crippen LogP contribution is -2.35. The Morgan fingerprint density at radius 2 is 1.74 bits per heavy atom. The van der Waals surface area contributed by atoms with Crippen molar-refractivity contribution in [1.29, 1.82) is 0 Å². The van der Waals surface area contributed by atoms with Gasteiger partial charge in [0.25, 0.3) is 5.91 Å². The van der Waals surface area contributed by atoms with Gasteiger partial charge >= 0.3 is 0 Å². The number of aromatic nitrogens is 1.